The van der Waals surface area contributed by atoms with Crippen molar-refractivity contribution in [3.63, 3.8) is 0 Å². The van der Waals surface area contributed by atoms with Gasteiger partial charge < -0.3 is 15.5 Å². The highest BCUT2D eigenvalue weighted by molar-refractivity contribution is 6.07. The number of anilines is 1. The minimum atomic E-state index is -0.592. The van der Waals surface area contributed by atoms with E-state index in [0.29, 0.717) is 38.3 Å². The molecule has 0 spiro atoms. The number of likely N-dealkylation sites (tertiary alicyclic amines) is 1. The lowest BCUT2D eigenvalue weighted by Gasteiger charge is -2.32. The Hall–Kier alpha value is -3.36. The lowest BCUT2D eigenvalue weighted by Crippen LogP contribution is -2.47. The fraction of sp³-hybridized carbons (Fsp3) is 0.409. The maximum absolute atomic E-state index is 13.4. The summed E-state index contributed by atoms with van der Waals surface area (Å²) in [5, 5.41) is 5.43. The zero-order valence-corrected chi connectivity index (χ0v) is 17.6. The number of carbonyl (C=O) groups excluding carboxylic acids is 3. The van der Waals surface area contributed by atoms with Crippen LogP contribution in [0.25, 0.3) is 0 Å². The molecule has 1 aromatic carbocycles. The van der Waals surface area contributed by atoms with E-state index in [2.05, 4.69) is 20.6 Å². The molecule has 3 rings (SSSR count). The van der Waals surface area contributed by atoms with Crippen LogP contribution in [0, 0.1) is 11.7 Å². The number of nitrogens with one attached hydrogen (secondary N) is 2. The molecule has 1 aromatic heterocycles. The number of hydrogen-bond acceptors (Lipinski definition) is 5. The second-order valence-electron chi connectivity index (χ2n) is 7.94. The van der Waals surface area contributed by atoms with Crippen molar-refractivity contribution in [1.29, 1.82) is 0 Å². The van der Waals surface area contributed by atoms with E-state index in [4.69, 9.17) is 0 Å². The molecule has 9 heteroatoms. The van der Waals surface area contributed by atoms with E-state index in [0.717, 1.165) is 6.07 Å². The van der Waals surface area contributed by atoms with Crippen LogP contribution in [0.3, 0.4) is 0 Å². The normalized spacial score (nSPS) is 14.4. The molecule has 2 N–H and O–H groups in total. The van der Waals surface area contributed by atoms with Gasteiger partial charge in [-0.2, -0.15) is 0 Å². The Morgan fingerprint density at radius 1 is 1.13 bits per heavy atom. The smallest absolute Gasteiger partial charge is 0.273 e. The van der Waals surface area contributed by atoms with E-state index < -0.39 is 17.6 Å². The lowest BCUT2D eigenvalue weighted by molar-refractivity contribution is -0.133. The highest BCUT2D eigenvalue weighted by Gasteiger charge is 2.26. The van der Waals surface area contributed by atoms with Crippen LogP contribution in [0.4, 0.5) is 10.2 Å². The SMILES string of the molecule is CC(C)CC(=O)N1CCC(NC(=O)c2nccnc2NC(=O)c2cccc(F)c2)CC1. The van der Waals surface area contributed by atoms with Gasteiger partial charge in [-0.05, 0) is 37.0 Å². The van der Waals surface area contributed by atoms with E-state index in [1.54, 1.807) is 0 Å². The summed E-state index contributed by atoms with van der Waals surface area (Å²) in [7, 11) is 0. The number of aromatic nitrogens is 2. The quantitative estimate of drug-likeness (QED) is 0.738. The van der Waals surface area contributed by atoms with Gasteiger partial charge in [0.1, 0.15) is 5.82 Å². The summed E-state index contributed by atoms with van der Waals surface area (Å²) in [6.45, 7) is 5.19. The Morgan fingerprint density at radius 3 is 2.52 bits per heavy atom. The molecule has 1 aliphatic heterocycles. The zero-order chi connectivity index (χ0) is 22.4. The van der Waals surface area contributed by atoms with Crippen LogP contribution in [0.2, 0.25) is 0 Å². The van der Waals surface area contributed by atoms with E-state index in [9.17, 15) is 18.8 Å². The van der Waals surface area contributed by atoms with Crippen LogP contribution in [0.1, 0.15) is 54.0 Å². The molecule has 0 aliphatic carbocycles. The number of amides is 3. The number of hydrogen-bond donors (Lipinski definition) is 2. The van der Waals surface area contributed by atoms with E-state index >= 15 is 0 Å². The lowest BCUT2D eigenvalue weighted by atomic mass is 10.0. The van der Waals surface area contributed by atoms with Gasteiger partial charge in [0.15, 0.2) is 11.5 Å². The molecule has 164 valence electrons. The summed E-state index contributed by atoms with van der Waals surface area (Å²) in [5.74, 6) is -1.15. The maximum atomic E-state index is 13.4. The predicted octanol–water partition coefficient (Wildman–Crippen LogP) is 2.63. The predicted molar refractivity (Wildman–Crippen MR) is 113 cm³/mol. The Bertz CT molecular complexity index is 958. The summed E-state index contributed by atoms with van der Waals surface area (Å²) in [5.41, 5.74) is 0.0843. The minimum absolute atomic E-state index is 0.00110. The van der Waals surface area contributed by atoms with Crippen LogP contribution in [0.15, 0.2) is 36.7 Å². The molecule has 1 saturated heterocycles. The Morgan fingerprint density at radius 2 is 1.84 bits per heavy atom. The second kappa shape index (κ2) is 10.1. The molecule has 0 unspecified atom stereocenters. The average Bonchev–Trinajstić information content (AvgIpc) is 2.74. The Labute approximate surface area is 180 Å². The molecule has 2 aromatic rings. The summed E-state index contributed by atoms with van der Waals surface area (Å²) in [6.07, 6.45) is 4.52. The molecule has 3 amide bonds. The van der Waals surface area contributed by atoms with E-state index in [1.165, 1.54) is 30.6 Å². The molecule has 1 fully saturated rings. The van der Waals surface area contributed by atoms with Crippen molar-refractivity contribution in [1.82, 2.24) is 20.2 Å². The third kappa shape index (κ3) is 6.07. The third-order valence-electron chi connectivity index (χ3n) is 5.00. The van der Waals surface area contributed by atoms with E-state index in [1.807, 2.05) is 18.7 Å². The molecule has 0 atom stereocenters. The highest BCUT2D eigenvalue weighted by atomic mass is 19.1. The molecule has 0 bridgehead atoms. The molecule has 0 radical (unpaired) electrons. The third-order valence-corrected chi connectivity index (χ3v) is 5.00. The summed E-state index contributed by atoms with van der Waals surface area (Å²) in [6, 6.07) is 5.11. The van der Waals surface area contributed by atoms with Gasteiger partial charge in [0.25, 0.3) is 11.8 Å². The molecule has 2 heterocycles. The van der Waals surface area contributed by atoms with Crippen LogP contribution in [-0.2, 0) is 4.79 Å². The van der Waals surface area contributed by atoms with Crippen molar-refractivity contribution in [2.24, 2.45) is 5.92 Å². The van der Waals surface area contributed by atoms with Crippen molar-refractivity contribution in [3.05, 3.63) is 53.7 Å². The minimum Gasteiger partial charge on any atom is -0.348 e. The first kappa shape index (κ1) is 22.3. The Kier molecular flexibility index (Phi) is 7.28. The zero-order valence-electron chi connectivity index (χ0n) is 17.6. The molecular formula is C22H26FN5O3. The standard InChI is InChI=1S/C22H26FN5O3/c1-14(2)12-18(29)28-10-6-17(7-11-28)26-22(31)19-20(25-9-8-24-19)27-21(30)15-4-3-5-16(23)13-15/h3-5,8-9,13-14,17H,6-7,10-12H2,1-2H3,(H,26,31)(H,25,27,30). The summed E-state index contributed by atoms with van der Waals surface area (Å²) < 4.78 is 13.4. The van der Waals surface area contributed by atoms with Gasteiger partial charge >= 0.3 is 0 Å². The van der Waals surface area contributed by atoms with Crippen molar-refractivity contribution in [2.75, 3.05) is 18.4 Å². The van der Waals surface area contributed by atoms with Crippen LogP contribution >= 0.6 is 0 Å². The topological polar surface area (TPSA) is 104 Å². The molecule has 8 nitrogen and oxygen atoms in total. The van der Waals surface area contributed by atoms with Crippen molar-refractivity contribution in [2.45, 2.75) is 39.2 Å². The fourth-order valence-corrected chi connectivity index (χ4v) is 3.41. The molecule has 1 aliphatic rings. The first-order valence-corrected chi connectivity index (χ1v) is 10.3. The number of piperidine rings is 1. The summed E-state index contributed by atoms with van der Waals surface area (Å²) in [4.78, 5) is 47.3. The summed E-state index contributed by atoms with van der Waals surface area (Å²) >= 11 is 0. The van der Waals surface area contributed by atoms with E-state index in [-0.39, 0.29) is 29.0 Å². The van der Waals surface area contributed by atoms with Crippen molar-refractivity contribution >= 4 is 23.5 Å². The van der Waals surface area contributed by atoms with Gasteiger partial charge in [-0.1, -0.05) is 19.9 Å². The number of halogens is 1. The first-order chi connectivity index (χ1) is 14.8. The van der Waals surface area contributed by atoms with Gasteiger partial charge in [0.05, 0.1) is 0 Å². The van der Waals surface area contributed by atoms with Crippen molar-refractivity contribution in [3.8, 4) is 0 Å². The van der Waals surface area contributed by atoms with Crippen molar-refractivity contribution < 1.29 is 18.8 Å². The van der Waals surface area contributed by atoms with Gasteiger partial charge in [0.2, 0.25) is 5.91 Å². The fourth-order valence-electron chi connectivity index (χ4n) is 3.41. The largest absolute Gasteiger partial charge is 0.348 e. The first-order valence-electron chi connectivity index (χ1n) is 10.3. The molecule has 31 heavy (non-hydrogen) atoms. The highest BCUT2D eigenvalue weighted by Crippen LogP contribution is 2.16. The van der Waals surface area contributed by atoms with Crippen LogP contribution in [-0.4, -0.2) is 51.7 Å². The maximum Gasteiger partial charge on any atom is 0.273 e. The van der Waals surface area contributed by atoms with Gasteiger partial charge in [0, 0.05) is 43.5 Å². The second-order valence-corrected chi connectivity index (χ2v) is 7.94. The van der Waals surface area contributed by atoms with Crippen LogP contribution in [0.5, 0.6) is 0 Å². The number of benzene rings is 1. The molecule has 0 saturated carbocycles. The monoisotopic (exact) mass is 427 g/mol. The van der Waals surface area contributed by atoms with Crippen LogP contribution < -0.4 is 10.6 Å². The Balaban J connectivity index is 1.60. The average molecular weight is 427 g/mol. The number of rotatable bonds is 6. The van der Waals surface area contributed by atoms with Gasteiger partial charge in [-0.15, -0.1) is 0 Å². The number of nitrogens with zero attached hydrogens (tertiary/aromatic N) is 3. The van der Waals surface area contributed by atoms with Gasteiger partial charge in [-0.3, -0.25) is 14.4 Å². The molecular weight excluding hydrogens is 401 g/mol. The van der Waals surface area contributed by atoms with Gasteiger partial charge in [-0.25, -0.2) is 14.4 Å². The number of carbonyl (C=O) groups is 3.